The molecule has 0 aliphatic carbocycles. The molecule has 0 unspecified atom stereocenters. The number of carbonyl (C=O) groups is 1. The fraction of sp³-hybridized carbons (Fsp3) is 0.0870. The summed E-state index contributed by atoms with van der Waals surface area (Å²) in [6.07, 6.45) is 3.93. The molecule has 0 fully saturated rings. The molecule has 0 bridgehead atoms. The molecule has 3 nitrogen and oxygen atoms in total. The number of hydrogen-bond donors (Lipinski definition) is 0. The van der Waals surface area contributed by atoms with Gasteiger partial charge in [0.1, 0.15) is 31.0 Å². The summed E-state index contributed by atoms with van der Waals surface area (Å²) in [6, 6.07) is 25.6. The summed E-state index contributed by atoms with van der Waals surface area (Å²) < 4.78 is 11.8. The Kier molecular flexibility index (Phi) is 6.21. The van der Waals surface area contributed by atoms with Crippen molar-refractivity contribution in [3.63, 3.8) is 0 Å². The Balaban J connectivity index is 1.74. The van der Waals surface area contributed by atoms with E-state index in [1.165, 1.54) is 6.08 Å². The van der Waals surface area contributed by atoms with Gasteiger partial charge in [-0.05, 0) is 35.4 Å². The summed E-state index contributed by atoms with van der Waals surface area (Å²) in [5, 5.41) is 0. The summed E-state index contributed by atoms with van der Waals surface area (Å²) in [6.45, 7) is 0.938. The van der Waals surface area contributed by atoms with Gasteiger partial charge >= 0.3 is 0 Å². The summed E-state index contributed by atoms with van der Waals surface area (Å²) in [5.41, 5.74) is 3.01. The molecule has 130 valence electrons. The van der Waals surface area contributed by atoms with Gasteiger partial charge in [0.25, 0.3) is 0 Å². The summed E-state index contributed by atoms with van der Waals surface area (Å²) in [4.78, 5) is 10.6. The van der Waals surface area contributed by atoms with Crippen LogP contribution in [0.3, 0.4) is 0 Å². The van der Waals surface area contributed by atoms with Crippen LogP contribution in [0.4, 0.5) is 0 Å². The van der Waals surface area contributed by atoms with Crippen molar-refractivity contribution in [2.45, 2.75) is 13.2 Å². The van der Waals surface area contributed by atoms with Crippen molar-refractivity contribution in [1.29, 1.82) is 0 Å². The van der Waals surface area contributed by atoms with Crippen molar-refractivity contribution in [1.82, 2.24) is 0 Å². The standard InChI is InChI=1S/C23H20O3/c24-15-7-12-21-13-14-22(25-17-19-8-3-1-4-9-19)16-23(21)26-18-20-10-5-2-6-11-20/h1-16H,17-18H2. The maximum atomic E-state index is 10.6. The Morgan fingerprint density at radius 3 is 1.96 bits per heavy atom. The SMILES string of the molecule is O=CC=Cc1ccc(OCc2ccccc2)cc1OCc1ccccc1. The molecule has 3 heteroatoms. The highest BCUT2D eigenvalue weighted by molar-refractivity contribution is 5.75. The van der Waals surface area contributed by atoms with Crippen LogP contribution in [-0.4, -0.2) is 6.29 Å². The van der Waals surface area contributed by atoms with E-state index in [9.17, 15) is 4.79 Å². The molecular weight excluding hydrogens is 324 g/mol. The lowest BCUT2D eigenvalue weighted by molar-refractivity contribution is -0.104. The van der Waals surface area contributed by atoms with Crippen LogP contribution in [0, 0.1) is 0 Å². The molecule has 0 saturated carbocycles. The van der Waals surface area contributed by atoms with Crippen molar-refractivity contribution in [2.24, 2.45) is 0 Å². The van der Waals surface area contributed by atoms with Crippen LogP contribution in [-0.2, 0) is 18.0 Å². The minimum Gasteiger partial charge on any atom is -0.489 e. The van der Waals surface area contributed by atoms with E-state index in [0.29, 0.717) is 19.0 Å². The van der Waals surface area contributed by atoms with Gasteiger partial charge < -0.3 is 9.47 Å². The van der Waals surface area contributed by atoms with E-state index in [1.54, 1.807) is 6.08 Å². The lowest BCUT2D eigenvalue weighted by Crippen LogP contribution is -1.99. The van der Waals surface area contributed by atoms with Crippen LogP contribution in [0.25, 0.3) is 6.08 Å². The number of hydrogen-bond acceptors (Lipinski definition) is 3. The number of carbonyl (C=O) groups excluding carboxylic acids is 1. The molecule has 0 atom stereocenters. The van der Waals surface area contributed by atoms with Crippen molar-refractivity contribution < 1.29 is 14.3 Å². The molecular formula is C23H20O3. The van der Waals surface area contributed by atoms with Gasteiger partial charge in [-0.25, -0.2) is 0 Å². The predicted octanol–water partition coefficient (Wildman–Crippen LogP) is 5.06. The average Bonchev–Trinajstić information content (AvgIpc) is 2.71. The van der Waals surface area contributed by atoms with Crippen LogP contribution < -0.4 is 9.47 Å². The van der Waals surface area contributed by atoms with Crippen LogP contribution in [0.5, 0.6) is 11.5 Å². The van der Waals surface area contributed by atoms with E-state index >= 15 is 0 Å². The zero-order valence-corrected chi connectivity index (χ0v) is 14.4. The molecule has 0 heterocycles. The maximum absolute atomic E-state index is 10.6. The third-order valence-electron chi connectivity index (χ3n) is 3.82. The first-order valence-electron chi connectivity index (χ1n) is 8.44. The summed E-state index contributed by atoms with van der Waals surface area (Å²) in [5.74, 6) is 1.40. The van der Waals surface area contributed by atoms with Crippen molar-refractivity contribution >= 4 is 12.4 Å². The van der Waals surface area contributed by atoms with Crippen LogP contribution in [0.2, 0.25) is 0 Å². The highest BCUT2D eigenvalue weighted by atomic mass is 16.5. The van der Waals surface area contributed by atoms with E-state index in [0.717, 1.165) is 28.7 Å². The zero-order chi connectivity index (χ0) is 18.0. The van der Waals surface area contributed by atoms with Crippen LogP contribution in [0.1, 0.15) is 16.7 Å². The Morgan fingerprint density at radius 1 is 0.731 bits per heavy atom. The van der Waals surface area contributed by atoms with E-state index < -0.39 is 0 Å². The summed E-state index contributed by atoms with van der Waals surface area (Å²) in [7, 11) is 0. The largest absolute Gasteiger partial charge is 0.489 e. The molecule has 0 aromatic heterocycles. The second-order valence-electron chi connectivity index (χ2n) is 5.74. The van der Waals surface area contributed by atoms with Gasteiger partial charge in [-0.15, -0.1) is 0 Å². The molecule has 0 saturated heterocycles. The van der Waals surface area contributed by atoms with Gasteiger partial charge in [0, 0.05) is 11.6 Å². The summed E-state index contributed by atoms with van der Waals surface area (Å²) >= 11 is 0. The average molecular weight is 344 g/mol. The van der Waals surface area contributed by atoms with E-state index in [1.807, 2.05) is 78.9 Å². The minimum atomic E-state index is 0.449. The Hall–Kier alpha value is -3.33. The number of aldehydes is 1. The van der Waals surface area contributed by atoms with Gasteiger partial charge in [0.05, 0.1) is 0 Å². The third-order valence-corrected chi connectivity index (χ3v) is 3.82. The number of rotatable bonds is 8. The lowest BCUT2D eigenvalue weighted by Gasteiger charge is -2.12. The molecule has 0 radical (unpaired) electrons. The fourth-order valence-electron chi connectivity index (χ4n) is 2.49. The molecule has 0 aliphatic rings. The highest BCUT2D eigenvalue weighted by Gasteiger charge is 2.05. The highest BCUT2D eigenvalue weighted by Crippen LogP contribution is 2.27. The molecule has 0 amide bonds. The topological polar surface area (TPSA) is 35.5 Å². The molecule has 26 heavy (non-hydrogen) atoms. The Bertz CT molecular complexity index is 855. The first kappa shape index (κ1) is 17.5. The molecule has 0 N–H and O–H groups in total. The number of benzene rings is 3. The quantitative estimate of drug-likeness (QED) is 0.423. The fourth-order valence-corrected chi connectivity index (χ4v) is 2.49. The lowest BCUT2D eigenvalue weighted by atomic mass is 10.1. The van der Waals surface area contributed by atoms with Gasteiger partial charge in [-0.2, -0.15) is 0 Å². The predicted molar refractivity (Wildman–Crippen MR) is 103 cm³/mol. The molecule has 3 aromatic carbocycles. The molecule has 0 aliphatic heterocycles. The van der Waals surface area contributed by atoms with Crippen molar-refractivity contribution in [2.75, 3.05) is 0 Å². The Labute approximate surface area is 153 Å². The van der Waals surface area contributed by atoms with Crippen molar-refractivity contribution in [3.8, 4) is 11.5 Å². The van der Waals surface area contributed by atoms with Crippen LogP contribution >= 0.6 is 0 Å². The number of allylic oxidation sites excluding steroid dienone is 1. The van der Waals surface area contributed by atoms with Gasteiger partial charge in [0.2, 0.25) is 0 Å². The second kappa shape index (κ2) is 9.23. The molecule has 0 spiro atoms. The smallest absolute Gasteiger partial charge is 0.142 e. The Morgan fingerprint density at radius 2 is 1.35 bits per heavy atom. The van der Waals surface area contributed by atoms with E-state index in [2.05, 4.69) is 0 Å². The second-order valence-corrected chi connectivity index (χ2v) is 5.74. The van der Waals surface area contributed by atoms with Crippen molar-refractivity contribution in [3.05, 3.63) is 102 Å². The number of ether oxygens (including phenoxy) is 2. The first-order valence-corrected chi connectivity index (χ1v) is 8.44. The van der Waals surface area contributed by atoms with Gasteiger partial charge in [-0.3, -0.25) is 4.79 Å². The third kappa shape index (κ3) is 5.08. The van der Waals surface area contributed by atoms with Crippen LogP contribution in [0.15, 0.2) is 84.9 Å². The minimum absolute atomic E-state index is 0.449. The van der Waals surface area contributed by atoms with E-state index in [-0.39, 0.29) is 0 Å². The normalized spacial score (nSPS) is 10.6. The zero-order valence-electron chi connectivity index (χ0n) is 14.4. The first-order chi connectivity index (χ1) is 12.8. The molecule has 3 aromatic rings. The molecule has 3 rings (SSSR count). The van der Waals surface area contributed by atoms with Gasteiger partial charge in [0.15, 0.2) is 0 Å². The van der Waals surface area contributed by atoms with Gasteiger partial charge in [-0.1, -0.05) is 60.7 Å². The van der Waals surface area contributed by atoms with E-state index in [4.69, 9.17) is 9.47 Å². The maximum Gasteiger partial charge on any atom is 0.142 e. The monoisotopic (exact) mass is 344 g/mol.